The molecule has 1 aliphatic carbocycles. The lowest BCUT2D eigenvalue weighted by Crippen LogP contribution is -2.29. The maximum absolute atomic E-state index is 12.5. The molecular weight excluding hydrogens is 426 g/mol. The number of rotatable bonds is 7. The summed E-state index contributed by atoms with van der Waals surface area (Å²) in [5, 5.41) is 8.78. The average molecular weight is 454 g/mol. The van der Waals surface area contributed by atoms with Gasteiger partial charge < -0.3 is 14.8 Å². The van der Waals surface area contributed by atoms with Gasteiger partial charge in [-0.15, -0.1) is 0 Å². The fourth-order valence-electron chi connectivity index (χ4n) is 3.86. The van der Waals surface area contributed by atoms with Gasteiger partial charge in [-0.3, -0.25) is 9.59 Å². The molecular formula is C24H27N3O4S. The van der Waals surface area contributed by atoms with Crippen LogP contribution in [0.15, 0.2) is 47.6 Å². The van der Waals surface area contributed by atoms with Gasteiger partial charge in [0.15, 0.2) is 11.5 Å². The van der Waals surface area contributed by atoms with Crippen LogP contribution in [0.25, 0.3) is 0 Å². The van der Waals surface area contributed by atoms with Crippen molar-refractivity contribution in [2.45, 2.75) is 45.3 Å². The molecule has 0 bridgehead atoms. The van der Waals surface area contributed by atoms with E-state index >= 15 is 0 Å². The van der Waals surface area contributed by atoms with Gasteiger partial charge in [-0.05, 0) is 61.6 Å². The summed E-state index contributed by atoms with van der Waals surface area (Å²) in [7, 11) is 1.64. The summed E-state index contributed by atoms with van der Waals surface area (Å²) in [6, 6.07) is 13.2. The van der Waals surface area contributed by atoms with Crippen LogP contribution >= 0.6 is 11.8 Å². The Labute approximate surface area is 192 Å². The van der Waals surface area contributed by atoms with Crippen molar-refractivity contribution in [1.29, 1.82) is 0 Å². The first-order valence-electron chi connectivity index (χ1n) is 10.7. The first kappa shape index (κ1) is 22.2. The Morgan fingerprint density at radius 1 is 1.16 bits per heavy atom. The number of methoxy groups -OCH3 is 1. The number of nitrogens with zero attached hydrogens (tertiary/aromatic N) is 2. The summed E-state index contributed by atoms with van der Waals surface area (Å²) >= 11 is 1.24. The van der Waals surface area contributed by atoms with Crippen LogP contribution in [0, 0.1) is 0 Å². The fraction of sp³-hybridized carbons (Fsp3) is 0.375. The highest BCUT2D eigenvalue weighted by atomic mass is 32.2. The number of ether oxygens (including phenoxy) is 2. The van der Waals surface area contributed by atoms with E-state index in [0.29, 0.717) is 18.0 Å². The van der Waals surface area contributed by atoms with E-state index in [1.54, 1.807) is 7.11 Å². The zero-order valence-corrected chi connectivity index (χ0v) is 19.1. The Morgan fingerprint density at radius 3 is 2.59 bits per heavy atom. The van der Waals surface area contributed by atoms with Crippen molar-refractivity contribution in [3.8, 4) is 11.5 Å². The molecule has 32 heavy (non-hydrogen) atoms. The standard InChI is InChI=1S/C24H27N3O4S/c1-16(28)25-19-10-7-17(8-11-19)14-27-24(29)32-15-21(26-27)18-9-12-22(30-2)23(13-18)31-20-5-3-4-6-20/h7-13,20H,3-6,14-15H2,1-2H3,(H,25,28). The molecule has 2 amide bonds. The number of thioether (sulfide) groups is 1. The minimum absolute atomic E-state index is 0.0874. The van der Waals surface area contributed by atoms with Gasteiger partial charge in [0.2, 0.25) is 5.91 Å². The highest BCUT2D eigenvalue weighted by Gasteiger charge is 2.24. The van der Waals surface area contributed by atoms with E-state index in [4.69, 9.17) is 9.47 Å². The highest BCUT2D eigenvalue weighted by Crippen LogP contribution is 2.33. The lowest BCUT2D eigenvalue weighted by atomic mass is 10.1. The van der Waals surface area contributed by atoms with Crippen molar-refractivity contribution in [2.75, 3.05) is 18.2 Å². The van der Waals surface area contributed by atoms with E-state index < -0.39 is 0 Å². The molecule has 2 aromatic carbocycles. The largest absolute Gasteiger partial charge is 0.493 e. The molecule has 1 saturated carbocycles. The van der Waals surface area contributed by atoms with Crippen LogP contribution < -0.4 is 14.8 Å². The number of nitrogens with one attached hydrogen (secondary N) is 1. The van der Waals surface area contributed by atoms with Crippen LogP contribution in [0.3, 0.4) is 0 Å². The number of carbonyl (C=O) groups excluding carboxylic acids is 2. The number of amides is 2. The Hall–Kier alpha value is -3.00. The van der Waals surface area contributed by atoms with Gasteiger partial charge in [-0.2, -0.15) is 5.10 Å². The Balaban J connectivity index is 1.52. The van der Waals surface area contributed by atoms with Crippen LogP contribution in [0.4, 0.5) is 10.5 Å². The van der Waals surface area contributed by atoms with Crippen LogP contribution in [0.2, 0.25) is 0 Å². The Kier molecular flexibility index (Phi) is 6.99. The monoisotopic (exact) mass is 453 g/mol. The lowest BCUT2D eigenvalue weighted by Gasteiger charge is -2.24. The molecule has 168 valence electrons. The summed E-state index contributed by atoms with van der Waals surface area (Å²) in [5.41, 5.74) is 3.39. The number of anilines is 1. The third kappa shape index (κ3) is 5.43. The van der Waals surface area contributed by atoms with Crippen molar-refractivity contribution < 1.29 is 19.1 Å². The number of hydrogen-bond donors (Lipinski definition) is 1. The van der Waals surface area contributed by atoms with E-state index in [9.17, 15) is 9.59 Å². The molecule has 2 aromatic rings. The van der Waals surface area contributed by atoms with Crippen molar-refractivity contribution in [1.82, 2.24) is 5.01 Å². The van der Waals surface area contributed by atoms with Gasteiger partial charge in [0.05, 0.1) is 25.5 Å². The third-order valence-electron chi connectivity index (χ3n) is 5.48. The molecule has 1 heterocycles. The van der Waals surface area contributed by atoms with Crippen molar-refractivity contribution in [3.05, 3.63) is 53.6 Å². The van der Waals surface area contributed by atoms with E-state index in [1.807, 2.05) is 42.5 Å². The topological polar surface area (TPSA) is 80.2 Å². The molecule has 0 atom stereocenters. The summed E-state index contributed by atoms with van der Waals surface area (Å²) in [6.07, 6.45) is 4.73. The first-order valence-corrected chi connectivity index (χ1v) is 11.7. The molecule has 1 N–H and O–H groups in total. The maximum atomic E-state index is 12.5. The van der Waals surface area contributed by atoms with Crippen LogP contribution in [-0.4, -0.2) is 40.8 Å². The van der Waals surface area contributed by atoms with E-state index in [2.05, 4.69) is 10.4 Å². The molecule has 0 unspecified atom stereocenters. The Morgan fingerprint density at radius 2 is 1.91 bits per heavy atom. The second-order valence-electron chi connectivity index (χ2n) is 7.93. The van der Waals surface area contributed by atoms with E-state index in [0.717, 1.165) is 41.1 Å². The molecule has 0 saturated heterocycles. The fourth-order valence-corrected chi connectivity index (χ4v) is 4.60. The predicted molar refractivity (Wildman–Crippen MR) is 127 cm³/mol. The normalized spacial score (nSPS) is 16.6. The molecule has 0 spiro atoms. The van der Waals surface area contributed by atoms with E-state index in [-0.39, 0.29) is 17.3 Å². The minimum Gasteiger partial charge on any atom is -0.493 e. The SMILES string of the molecule is COc1ccc(C2=NN(Cc3ccc(NC(C)=O)cc3)C(=O)SC2)cc1OC1CCCC1. The summed E-state index contributed by atoms with van der Waals surface area (Å²) < 4.78 is 11.7. The summed E-state index contributed by atoms with van der Waals surface area (Å²) in [4.78, 5) is 23.7. The summed E-state index contributed by atoms with van der Waals surface area (Å²) in [5.74, 6) is 1.82. The Bertz CT molecular complexity index is 1020. The quantitative estimate of drug-likeness (QED) is 0.635. The molecule has 4 rings (SSSR count). The highest BCUT2D eigenvalue weighted by molar-refractivity contribution is 8.14. The first-order chi connectivity index (χ1) is 15.5. The minimum atomic E-state index is -0.120. The second-order valence-corrected chi connectivity index (χ2v) is 8.85. The smallest absolute Gasteiger partial charge is 0.302 e. The molecule has 2 aliphatic rings. The second kappa shape index (κ2) is 10.1. The van der Waals surface area contributed by atoms with Gasteiger partial charge in [0.1, 0.15) is 0 Å². The van der Waals surface area contributed by atoms with Crippen LogP contribution in [0.5, 0.6) is 11.5 Å². The van der Waals surface area contributed by atoms with Gasteiger partial charge >= 0.3 is 5.24 Å². The molecule has 1 fully saturated rings. The predicted octanol–water partition coefficient (Wildman–Crippen LogP) is 5.05. The zero-order chi connectivity index (χ0) is 22.5. The molecule has 7 nitrogen and oxygen atoms in total. The zero-order valence-electron chi connectivity index (χ0n) is 18.3. The van der Waals surface area contributed by atoms with Gasteiger partial charge in [-0.1, -0.05) is 23.9 Å². The van der Waals surface area contributed by atoms with E-state index in [1.165, 1.54) is 36.5 Å². The van der Waals surface area contributed by atoms with Gasteiger partial charge in [0, 0.05) is 23.9 Å². The van der Waals surface area contributed by atoms with Crippen molar-refractivity contribution in [2.24, 2.45) is 5.10 Å². The average Bonchev–Trinajstić information content (AvgIpc) is 3.29. The molecule has 0 aromatic heterocycles. The number of hydrogen-bond acceptors (Lipinski definition) is 6. The third-order valence-corrected chi connectivity index (χ3v) is 6.36. The van der Waals surface area contributed by atoms with Crippen LogP contribution in [-0.2, 0) is 11.3 Å². The summed E-state index contributed by atoms with van der Waals surface area (Å²) in [6.45, 7) is 1.83. The van der Waals surface area contributed by atoms with Gasteiger partial charge in [0.25, 0.3) is 0 Å². The van der Waals surface area contributed by atoms with Gasteiger partial charge in [-0.25, -0.2) is 5.01 Å². The lowest BCUT2D eigenvalue weighted by molar-refractivity contribution is -0.114. The number of benzene rings is 2. The molecule has 1 aliphatic heterocycles. The molecule has 0 radical (unpaired) electrons. The molecule has 8 heteroatoms. The number of hydrazone groups is 1. The van der Waals surface area contributed by atoms with Crippen molar-refractivity contribution >= 4 is 34.3 Å². The maximum Gasteiger partial charge on any atom is 0.302 e. The van der Waals surface area contributed by atoms with Crippen molar-refractivity contribution in [3.63, 3.8) is 0 Å². The van der Waals surface area contributed by atoms with Crippen LogP contribution in [0.1, 0.15) is 43.7 Å². The number of carbonyl (C=O) groups is 2.